The molecule has 0 N–H and O–H groups in total. The maximum atomic E-state index is 9.28. The Kier molecular flexibility index (Phi) is 2.76. The lowest BCUT2D eigenvalue weighted by molar-refractivity contribution is 0.305. The molecule has 2 rings (SSSR count). The molecule has 3 heteroatoms. The summed E-state index contributed by atoms with van der Waals surface area (Å²) in [6.45, 7) is 0.660. The standard InChI is InChI=1S/C11H11NOS/c12-8-11(6-7-13-14-9-11)10-4-2-1-3-5-10/h1-5H,6-7,9H2. The number of rotatable bonds is 1. The lowest BCUT2D eigenvalue weighted by Crippen LogP contribution is -2.31. The third-order valence-electron chi connectivity index (χ3n) is 2.54. The fraction of sp³-hybridized carbons (Fsp3) is 0.364. The van der Waals surface area contributed by atoms with Crippen LogP contribution in [0.2, 0.25) is 0 Å². The molecule has 1 heterocycles. The molecule has 1 aromatic carbocycles. The van der Waals surface area contributed by atoms with Gasteiger partial charge in [-0.05, 0) is 24.0 Å². The van der Waals surface area contributed by atoms with Gasteiger partial charge >= 0.3 is 0 Å². The summed E-state index contributed by atoms with van der Waals surface area (Å²) >= 11 is 1.40. The Hall–Kier alpha value is -0.980. The van der Waals surface area contributed by atoms with Crippen molar-refractivity contribution in [2.45, 2.75) is 11.8 Å². The van der Waals surface area contributed by atoms with Crippen molar-refractivity contribution >= 4 is 12.0 Å². The molecule has 0 radical (unpaired) electrons. The minimum absolute atomic E-state index is 0.343. The van der Waals surface area contributed by atoms with Gasteiger partial charge < -0.3 is 4.18 Å². The highest BCUT2D eigenvalue weighted by Gasteiger charge is 2.35. The van der Waals surface area contributed by atoms with E-state index < -0.39 is 0 Å². The zero-order valence-electron chi connectivity index (χ0n) is 7.77. The molecule has 1 aromatic rings. The molecule has 0 amide bonds. The van der Waals surface area contributed by atoms with Crippen molar-refractivity contribution in [3.63, 3.8) is 0 Å². The van der Waals surface area contributed by atoms with E-state index in [2.05, 4.69) is 6.07 Å². The molecule has 1 atom stereocenters. The molecule has 1 aliphatic heterocycles. The van der Waals surface area contributed by atoms with Crippen LogP contribution in [0, 0.1) is 11.3 Å². The maximum absolute atomic E-state index is 9.28. The molecular weight excluding hydrogens is 194 g/mol. The van der Waals surface area contributed by atoms with Gasteiger partial charge in [-0.2, -0.15) is 5.26 Å². The summed E-state index contributed by atoms with van der Waals surface area (Å²) in [5.41, 5.74) is 0.766. The number of nitriles is 1. The normalized spacial score (nSPS) is 26.8. The van der Waals surface area contributed by atoms with E-state index >= 15 is 0 Å². The molecular formula is C11H11NOS. The molecule has 14 heavy (non-hydrogen) atoms. The molecule has 72 valence electrons. The Morgan fingerprint density at radius 1 is 1.36 bits per heavy atom. The topological polar surface area (TPSA) is 33.0 Å². The van der Waals surface area contributed by atoms with Crippen LogP contribution in [-0.2, 0) is 9.60 Å². The van der Waals surface area contributed by atoms with Crippen molar-refractivity contribution in [2.75, 3.05) is 12.4 Å². The van der Waals surface area contributed by atoms with Crippen LogP contribution >= 0.6 is 12.0 Å². The lowest BCUT2D eigenvalue weighted by atomic mass is 9.81. The first kappa shape index (κ1) is 9.57. The van der Waals surface area contributed by atoms with E-state index in [-0.39, 0.29) is 5.41 Å². The Labute approximate surface area is 88.1 Å². The van der Waals surface area contributed by atoms with E-state index in [1.807, 2.05) is 30.3 Å². The second kappa shape index (κ2) is 4.04. The van der Waals surface area contributed by atoms with Crippen LogP contribution in [0.15, 0.2) is 30.3 Å². The van der Waals surface area contributed by atoms with Crippen LogP contribution in [0.1, 0.15) is 12.0 Å². The van der Waals surface area contributed by atoms with Gasteiger partial charge in [-0.3, -0.25) is 0 Å². The van der Waals surface area contributed by atoms with Crippen molar-refractivity contribution < 1.29 is 4.18 Å². The molecule has 1 fully saturated rings. The molecule has 0 aliphatic carbocycles. The molecule has 0 aromatic heterocycles. The highest BCUT2D eigenvalue weighted by molar-refractivity contribution is 7.94. The van der Waals surface area contributed by atoms with Crippen molar-refractivity contribution in [1.82, 2.24) is 0 Å². The van der Waals surface area contributed by atoms with E-state index in [1.165, 1.54) is 12.0 Å². The average molecular weight is 205 g/mol. The number of hydrogen-bond acceptors (Lipinski definition) is 3. The fourth-order valence-corrected chi connectivity index (χ4v) is 2.49. The number of benzene rings is 1. The van der Waals surface area contributed by atoms with Crippen molar-refractivity contribution in [2.24, 2.45) is 0 Å². The van der Waals surface area contributed by atoms with Crippen LogP contribution in [0.3, 0.4) is 0 Å². The zero-order valence-corrected chi connectivity index (χ0v) is 8.59. The zero-order chi connectivity index (χ0) is 9.86. The van der Waals surface area contributed by atoms with E-state index in [9.17, 15) is 5.26 Å². The highest BCUT2D eigenvalue weighted by Crippen LogP contribution is 2.35. The van der Waals surface area contributed by atoms with Crippen LogP contribution in [0.5, 0.6) is 0 Å². The Morgan fingerprint density at radius 2 is 2.14 bits per heavy atom. The second-order valence-electron chi connectivity index (χ2n) is 3.39. The first-order valence-corrected chi connectivity index (χ1v) is 5.50. The van der Waals surface area contributed by atoms with Gasteiger partial charge in [0.1, 0.15) is 0 Å². The van der Waals surface area contributed by atoms with E-state index in [1.54, 1.807) is 0 Å². The molecule has 1 saturated heterocycles. The smallest absolute Gasteiger partial charge is 0.0956 e. The van der Waals surface area contributed by atoms with E-state index in [0.29, 0.717) is 6.61 Å². The van der Waals surface area contributed by atoms with Gasteiger partial charge in [0, 0.05) is 5.75 Å². The Balaban J connectivity index is 2.33. The number of nitrogens with zero attached hydrogens (tertiary/aromatic N) is 1. The first-order chi connectivity index (χ1) is 6.87. The molecule has 1 unspecified atom stereocenters. The highest BCUT2D eigenvalue weighted by atomic mass is 32.2. The Morgan fingerprint density at radius 3 is 2.71 bits per heavy atom. The first-order valence-electron chi connectivity index (χ1n) is 4.59. The van der Waals surface area contributed by atoms with Crippen LogP contribution in [0.25, 0.3) is 0 Å². The third-order valence-corrected chi connectivity index (χ3v) is 3.49. The van der Waals surface area contributed by atoms with Crippen LogP contribution in [0.4, 0.5) is 0 Å². The van der Waals surface area contributed by atoms with Crippen molar-refractivity contribution in [3.8, 4) is 6.07 Å². The van der Waals surface area contributed by atoms with E-state index in [4.69, 9.17) is 4.18 Å². The van der Waals surface area contributed by atoms with Crippen LogP contribution in [-0.4, -0.2) is 12.4 Å². The van der Waals surface area contributed by atoms with Gasteiger partial charge in [0.2, 0.25) is 0 Å². The van der Waals surface area contributed by atoms with Gasteiger partial charge in [-0.25, -0.2) is 0 Å². The molecule has 0 spiro atoms. The largest absolute Gasteiger partial charge is 0.315 e. The summed E-state index contributed by atoms with van der Waals surface area (Å²) in [6, 6.07) is 12.4. The van der Waals surface area contributed by atoms with Crippen molar-refractivity contribution in [1.29, 1.82) is 5.26 Å². The molecule has 0 bridgehead atoms. The minimum atomic E-state index is -0.343. The summed E-state index contributed by atoms with van der Waals surface area (Å²) in [5.74, 6) is 0.730. The van der Waals surface area contributed by atoms with Gasteiger partial charge in [-0.1, -0.05) is 30.3 Å². The third kappa shape index (κ3) is 1.63. The summed E-state index contributed by atoms with van der Waals surface area (Å²) in [6.07, 6.45) is 0.792. The van der Waals surface area contributed by atoms with Gasteiger partial charge in [0.15, 0.2) is 0 Å². The number of hydrogen-bond donors (Lipinski definition) is 0. The average Bonchev–Trinajstić information content (AvgIpc) is 2.31. The predicted octanol–water partition coefficient (Wildman–Crippen LogP) is 2.52. The Bertz CT molecular complexity index is 338. The summed E-state index contributed by atoms with van der Waals surface area (Å²) in [5, 5.41) is 9.28. The quantitative estimate of drug-likeness (QED) is 0.660. The SMILES string of the molecule is N#CC1(c2ccccc2)CCOSC1. The van der Waals surface area contributed by atoms with Gasteiger partial charge in [0.05, 0.1) is 18.1 Å². The maximum Gasteiger partial charge on any atom is 0.0956 e. The lowest BCUT2D eigenvalue weighted by Gasteiger charge is -2.29. The molecule has 1 aliphatic rings. The summed E-state index contributed by atoms with van der Waals surface area (Å²) in [4.78, 5) is 0. The monoisotopic (exact) mass is 205 g/mol. The van der Waals surface area contributed by atoms with Crippen molar-refractivity contribution in [3.05, 3.63) is 35.9 Å². The van der Waals surface area contributed by atoms with Crippen LogP contribution < -0.4 is 0 Å². The molecule has 0 saturated carbocycles. The van der Waals surface area contributed by atoms with Gasteiger partial charge in [-0.15, -0.1) is 0 Å². The fourth-order valence-electron chi connectivity index (χ4n) is 1.63. The minimum Gasteiger partial charge on any atom is -0.315 e. The second-order valence-corrected chi connectivity index (χ2v) is 4.15. The van der Waals surface area contributed by atoms with Gasteiger partial charge in [0.25, 0.3) is 0 Å². The molecule has 2 nitrogen and oxygen atoms in total. The van der Waals surface area contributed by atoms with E-state index in [0.717, 1.165) is 17.7 Å². The summed E-state index contributed by atoms with van der Waals surface area (Å²) < 4.78 is 5.21. The summed E-state index contributed by atoms with van der Waals surface area (Å²) in [7, 11) is 0. The predicted molar refractivity (Wildman–Crippen MR) is 56.8 cm³/mol.